The van der Waals surface area contributed by atoms with Gasteiger partial charge in [0.1, 0.15) is 5.54 Å². The van der Waals surface area contributed by atoms with Crippen molar-refractivity contribution in [3.05, 3.63) is 0 Å². The Morgan fingerprint density at radius 1 is 1.44 bits per heavy atom. The van der Waals surface area contributed by atoms with Crippen LogP contribution < -0.4 is 5.32 Å². The van der Waals surface area contributed by atoms with Crippen LogP contribution in [-0.4, -0.2) is 34.0 Å². The van der Waals surface area contributed by atoms with Crippen LogP contribution in [-0.2, 0) is 9.59 Å². The van der Waals surface area contributed by atoms with Gasteiger partial charge >= 0.3 is 5.97 Å². The molecule has 0 aliphatic carbocycles. The molecule has 0 spiro atoms. The Hall–Kier alpha value is -1.15. The standard InChI is InChI=1S/C13H21NO3S/c1-5-13(6-2,7-3)14-11(15)9-18-8-10(4)12(16)17/h1,10H,6-9H2,2-4H3,(H,14,15)(H,16,17). The van der Waals surface area contributed by atoms with Gasteiger partial charge in [-0.25, -0.2) is 0 Å². The first-order valence-electron chi connectivity index (χ1n) is 6.00. The number of thioether (sulfide) groups is 1. The van der Waals surface area contributed by atoms with E-state index in [2.05, 4.69) is 11.2 Å². The molecule has 0 aromatic heterocycles. The molecule has 102 valence electrons. The van der Waals surface area contributed by atoms with Gasteiger partial charge in [-0.15, -0.1) is 6.42 Å². The van der Waals surface area contributed by atoms with Crippen LogP contribution in [0, 0.1) is 18.3 Å². The van der Waals surface area contributed by atoms with E-state index in [0.717, 1.165) is 0 Å². The summed E-state index contributed by atoms with van der Waals surface area (Å²) in [5, 5.41) is 11.5. The second kappa shape index (κ2) is 8.04. The molecular weight excluding hydrogens is 250 g/mol. The topological polar surface area (TPSA) is 66.4 Å². The number of aliphatic carboxylic acids is 1. The van der Waals surface area contributed by atoms with Gasteiger partial charge in [-0.05, 0) is 12.8 Å². The van der Waals surface area contributed by atoms with Gasteiger partial charge in [0.2, 0.25) is 5.91 Å². The molecule has 0 aromatic rings. The van der Waals surface area contributed by atoms with E-state index < -0.39 is 17.4 Å². The number of carbonyl (C=O) groups is 2. The minimum absolute atomic E-state index is 0.140. The lowest BCUT2D eigenvalue weighted by Crippen LogP contribution is -2.47. The molecule has 0 aliphatic rings. The number of carboxylic acids is 1. The molecule has 0 fully saturated rings. The highest BCUT2D eigenvalue weighted by molar-refractivity contribution is 7.99. The molecular formula is C13H21NO3S. The molecule has 5 heteroatoms. The van der Waals surface area contributed by atoms with Crippen molar-refractivity contribution in [3.8, 4) is 12.3 Å². The lowest BCUT2D eigenvalue weighted by atomic mass is 9.94. The Morgan fingerprint density at radius 3 is 2.39 bits per heavy atom. The summed E-state index contributed by atoms with van der Waals surface area (Å²) in [5.74, 6) is 1.86. The van der Waals surface area contributed by atoms with Crippen LogP contribution in [0.15, 0.2) is 0 Å². The van der Waals surface area contributed by atoms with Gasteiger partial charge in [-0.2, -0.15) is 11.8 Å². The summed E-state index contributed by atoms with van der Waals surface area (Å²) in [6.45, 7) is 5.49. The van der Waals surface area contributed by atoms with Crippen LogP contribution >= 0.6 is 11.8 Å². The first kappa shape index (κ1) is 16.9. The predicted octanol–water partition coefficient (Wildman–Crippen LogP) is 1.75. The first-order valence-corrected chi connectivity index (χ1v) is 7.15. The molecule has 1 atom stereocenters. The summed E-state index contributed by atoms with van der Waals surface area (Å²) in [5.41, 5.74) is -0.573. The van der Waals surface area contributed by atoms with E-state index in [1.165, 1.54) is 11.8 Å². The van der Waals surface area contributed by atoms with Gasteiger partial charge in [0.25, 0.3) is 0 Å². The van der Waals surface area contributed by atoms with Gasteiger partial charge in [0.15, 0.2) is 0 Å². The number of hydrogen-bond acceptors (Lipinski definition) is 3. The van der Waals surface area contributed by atoms with Crippen LogP contribution in [0.5, 0.6) is 0 Å². The van der Waals surface area contributed by atoms with Crippen LogP contribution in [0.25, 0.3) is 0 Å². The van der Waals surface area contributed by atoms with Crippen molar-refractivity contribution in [1.29, 1.82) is 0 Å². The minimum atomic E-state index is -0.844. The molecule has 0 heterocycles. The van der Waals surface area contributed by atoms with Crippen molar-refractivity contribution >= 4 is 23.6 Å². The van der Waals surface area contributed by atoms with E-state index in [9.17, 15) is 9.59 Å². The molecule has 0 bridgehead atoms. The summed E-state index contributed by atoms with van der Waals surface area (Å²) >= 11 is 1.31. The quantitative estimate of drug-likeness (QED) is 0.660. The van der Waals surface area contributed by atoms with E-state index >= 15 is 0 Å². The fraction of sp³-hybridized carbons (Fsp3) is 0.692. The summed E-state index contributed by atoms with van der Waals surface area (Å²) in [6.07, 6.45) is 6.81. The smallest absolute Gasteiger partial charge is 0.307 e. The van der Waals surface area contributed by atoms with E-state index in [4.69, 9.17) is 11.5 Å². The Kier molecular flexibility index (Phi) is 7.53. The molecule has 18 heavy (non-hydrogen) atoms. The highest BCUT2D eigenvalue weighted by Crippen LogP contribution is 2.14. The maximum Gasteiger partial charge on any atom is 0.307 e. The predicted molar refractivity (Wildman–Crippen MR) is 74.4 cm³/mol. The number of carboxylic acid groups (broad SMARTS) is 1. The summed E-state index contributed by atoms with van der Waals surface area (Å²) in [7, 11) is 0. The first-order chi connectivity index (χ1) is 8.40. The molecule has 1 unspecified atom stereocenters. The molecule has 1 amide bonds. The van der Waals surface area contributed by atoms with E-state index in [1.807, 2.05) is 13.8 Å². The van der Waals surface area contributed by atoms with Crippen LogP contribution in [0.1, 0.15) is 33.6 Å². The number of terminal acetylenes is 1. The average Bonchev–Trinajstić information content (AvgIpc) is 2.35. The highest BCUT2D eigenvalue weighted by atomic mass is 32.2. The van der Waals surface area contributed by atoms with E-state index in [1.54, 1.807) is 6.92 Å². The monoisotopic (exact) mass is 271 g/mol. The molecule has 0 saturated heterocycles. The zero-order valence-electron chi connectivity index (χ0n) is 11.2. The third kappa shape index (κ3) is 5.46. The van der Waals surface area contributed by atoms with Crippen molar-refractivity contribution < 1.29 is 14.7 Å². The Balaban J connectivity index is 4.13. The number of hydrogen-bond donors (Lipinski definition) is 2. The van der Waals surface area contributed by atoms with E-state index in [-0.39, 0.29) is 11.7 Å². The molecule has 0 rings (SSSR count). The summed E-state index contributed by atoms with van der Waals surface area (Å²) < 4.78 is 0. The molecule has 4 nitrogen and oxygen atoms in total. The van der Waals surface area contributed by atoms with Crippen molar-refractivity contribution in [3.63, 3.8) is 0 Å². The molecule has 0 aromatic carbocycles. The second-order valence-corrected chi connectivity index (χ2v) is 5.27. The van der Waals surface area contributed by atoms with Gasteiger partial charge in [-0.1, -0.05) is 26.7 Å². The summed E-state index contributed by atoms with van der Waals surface area (Å²) in [6, 6.07) is 0. The minimum Gasteiger partial charge on any atom is -0.481 e. The second-order valence-electron chi connectivity index (χ2n) is 4.24. The normalized spacial score (nSPS) is 12.6. The third-order valence-electron chi connectivity index (χ3n) is 2.88. The Morgan fingerprint density at radius 2 is 2.00 bits per heavy atom. The molecule has 0 aliphatic heterocycles. The largest absolute Gasteiger partial charge is 0.481 e. The Labute approximate surface area is 113 Å². The summed E-state index contributed by atoms with van der Waals surface area (Å²) in [4.78, 5) is 22.3. The van der Waals surface area contributed by atoms with Gasteiger partial charge < -0.3 is 10.4 Å². The average molecular weight is 271 g/mol. The number of carbonyl (C=O) groups excluding carboxylic acids is 1. The lowest BCUT2D eigenvalue weighted by Gasteiger charge is -2.27. The number of amides is 1. The lowest BCUT2D eigenvalue weighted by molar-refractivity contribution is -0.140. The van der Waals surface area contributed by atoms with Crippen molar-refractivity contribution in [2.75, 3.05) is 11.5 Å². The van der Waals surface area contributed by atoms with Crippen molar-refractivity contribution in [2.24, 2.45) is 5.92 Å². The molecule has 0 saturated carbocycles. The number of nitrogens with one attached hydrogen (secondary N) is 1. The van der Waals surface area contributed by atoms with Crippen molar-refractivity contribution in [1.82, 2.24) is 5.32 Å². The fourth-order valence-corrected chi connectivity index (χ4v) is 2.24. The molecule has 0 radical (unpaired) electrons. The third-order valence-corrected chi connectivity index (χ3v) is 4.09. The van der Waals surface area contributed by atoms with Gasteiger partial charge in [-0.3, -0.25) is 9.59 Å². The zero-order valence-corrected chi connectivity index (χ0v) is 12.0. The van der Waals surface area contributed by atoms with Gasteiger partial charge in [0.05, 0.1) is 11.7 Å². The van der Waals surface area contributed by atoms with Crippen molar-refractivity contribution in [2.45, 2.75) is 39.2 Å². The maximum atomic E-state index is 11.7. The zero-order chi connectivity index (χ0) is 14.2. The maximum absolute atomic E-state index is 11.7. The number of rotatable bonds is 8. The fourth-order valence-electron chi connectivity index (χ4n) is 1.37. The van der Waals surface area contributed by atoms with Gasteiger partial charge in [0, 0.05) is 5.75 Å². The highest BCUT2D eigenvalue weighted by Gasteiger charge is 2.25. The Bertz CT molecular complexity index is 332. The van der Waals surface area contributed by atoms with Crippen LogP contribution in [0.2, 0.25) is 0 Å². The SMILES string of the molecule is C#CC(CC)(CC)NC(=O)CSCC(C)C(=O)O. The van der Waals surface area contributed by atoms with Crippen LogP contribution in [0.3, 0.4) is 0 Å². The molecule has 2 N–H and O–H groups in total. The van der Waals surface area contributed by atoms with E-state index in [0.29, 0.717) is 18.6 Å². The van der Waals surface area contributed by atoms with Crippen LogP contribution in [0.4, 0.5) is 0 Å².